The minimum Gasteiger partial charge on any atom is -0.389 e. The summed E-state index contributed by atoms with van der Waals surface area (Å²) < 4.78 is 0. The van der Waals surface area contributed by atoms with Crippen molar-refractivity contribution in [1.82, 2.24) is 9.88 Å². The molecule has 0 fully saturated rings. The molecule has 1 heterocycles. The molecule has 1 amide bonds. The van der Waals surface area contributed by atoms with E-state index in [1.165, 1.54) is 4.90 Å². The highest BCUT2D eigenvalue weighted by Crippen LogP contribution is 2.18. The van der Waals surface area contributed by atoms with Gasteiger partial charge in [0.1, 0.15) is 5.56 Å². The molecule has 0 aliphatic heterocycles. The summed E-state index contributed by atoms with van der Waals surface area (Å²) >= 11 is 0. The van der Waals surface area contributed by atoms with Crippen molar-refractivity contribution >= 4 is 16.8 Å². The van der Waals surface area contributed by atoms with Crippen molar-refractivity contribution in [2.75, 3.05) is 13.6 Å². The third kappa shape index (κ3) is 3.13. The van der Waals surface area contributed by atoms with Crippen LogP contribution in [0.15, 0.2) is 29.1 Å². The minimum absolute atomic E-state index is 0.125. The Labute approximate surface area is 123 Å². The van der Waals surface area contributed by atoms with Crippen LogP contribution < -0.4 is 5.56 Å². The average molecular weight is 288 g/mol. The third-order valence-corrected chi connectivity index (χ3v) is 3.37. The SMILES string of the molecule is Cc1c(C(=O)N(C)CC(C)(C)O)c(=O)[nH]c2ccccc12. The van der Waals surface area contributed by atoms with Crippen molar-refractivity contribution < 1.29 is 9.90 Å². The average Bonchev–Trinajstić information content (AvgIpc) is 2.36. The molecule has 0 radical (unpaired) electrons. The third-order valence-electron chi connectivity index (χ3n) is 3.37. The van der Waals surface area contributed by atoms with Crippen molar-refractivity contribution in [2.45, 2.75) is 26.4 Å². The van der Waals surface area contributed by atoms with Gasteiger partial charge in [-0.2, -0.15) is 0 Å². The van der Waals surface area contributed by atoms with Crippen LogP contribution in [0.4, 0.5) is 0 Å². The van der Waals surface area contributed by atoms with Crippen LogP contribution in [0.2, 0.25) is 0 Å². The Morgan fingerprint density at radius 1 is 1.33 bits per heavy atom. The summed E-state index contributed by atoms with van der Waals surface area (Å²) in [5.41, 5.74) is 0.0740. The lowest BCUT2D eigenvalue weighted by atomic mass is 10.0. The molecule has 2 N–H and O–H groups in total. The number of nitrogens with one attached hydrogen (secondary N) is 1. The van der Waals surface area contributed by atoms with Crippen molar-refractivity contribution in [3.63, 3.8) is 0 Å². The fourth-order valence-electron chi connectivity index (χ4n) is 2.51. The van der Waals surface area contributed by atoms with Gasteiger partial charge in [-0.3, -0.25) is 9.59 Å². The number of aromatic nitrogens is 1. The highest BCUT2D eigenvalue weighted by Gasteiger charge is 2.24. The maximum Gasteiger partial charge on any atom is 0.261 e. The van der Waals surface area contributed by atoms with Crippen LogP contribution in [0.1, 0.15) is 29.8 Å². The van der Waals surface area contributed by atoms with Crippen LogP contribution in [0.3, 0.4) is 0 Å². The topological polar surface area (TPSA) is 73.4 Å². The van der Waals surface area contributed by atoms with Crippen LogP contribution in [-0.2, 0) is 0 Å². The summed E-state index contributed by atoms with van der Waals surface area (Å²) in [4.78, 5) is 28.8. The highest BCUT2D eigenvalue weighted by atomic mass is 16.3. The molecule has 0 unspecified atom stereocenters. The van der Waals surface area contributed by atoms with Crippen molar-refractivity contribution in [2.24, 2.45) is 0 Å². The molecular weight excluding hydrogens is 268 g/mol. The van der Waals surface area contributed by atoms with Gasteiger partial charge in [0.25, 0.3) is 11.5 Å². The quantitative estimate of drug-likeness (QED) is 0.902. The zero-order chi connectivity index (χ0) is 15.8. The van der Waals surface area contributed by atoms with Crippen LogP contribution in [0.5, 0.6) is 0 Å². The van der Waals surface area contributed by atoms with Crippen molar-refractivity contribution in [3.8, 4) is 0 Å². The standard InChI is InChI=1S/C16H20N2O3/c1-10-11-7-5-6-8-12(11)17-14(19)13(10)15(20)18(4)9-16(2,3)21/h5-8,21H,9H2,1-4H3,(H,17,19). The molecule has 5 nitrogen and oxygen atoms in total. The van der Waals surface area contributed by atoms with E-state index >= 15 is 0 Å². The molecule has 0 spiro atoms. The Bertz CT molecular complexity index is 741. The summed E-state index contributed by atoms with van der Waals surface area (Å²) in [6, 6.07) is 7.37. The van der Waals surface area contributed by atoms with Gasteiger partial charge in [0, 0.05) is 24.5 Å². The van der Waals surface area contributed by atoms with Crippen LogP contribution in [0, 0.1) is 6.92 Å². The number of rotatable bonds is 3. The summed E-state index contributed by atoms with van der Waals surface area (Å²) in [5.74, 6) is -0.387. The van der Waals surface area contributed by atoms with Gasteiger partial charge in [-0.1, -0.05) is 18.2 Å². The van der Waals surface area contributed by atoms with Gasteiger partial charge in [0.2, 0.25) is 0 Å². The number of benzene rings is 1. The molecular formula is C16H20N2O3. The maximum atomic E-state index is 12.5. The van der Waals surface area contributed by atoms with E-state index in [0.29, 0.717) is 11.1 Å². The second kappa shape index (κ2) is 5.33. The number of aryl methyl sites for hydroxylation is 1. The Morgan fingerprint density at radius 3 is 2.57 bits per heavy atom. The molecule has 2 aromatic rings. The van der Waals surface area contributed by atoms with E-state index in [2.05, 4.69) is 4.98 Å². The number of nitrogens with zero attached hydrogens (tertiary/aromatic N) is 1. The summed E-state index contributed by atoms with van der Waals surface area (Å²) in [7, 11) is 1.58. The van der Waals surface area contributed by atoms with E-state index in [0.717, 1.165) is 5.39 Å². The number of hydrogen-bond acceptors (Lipinski definition) is 3. The molecule has 5 heteroatoms. The number of fused-ring (bicyclic) bond motifs is 1. The molecule has 0 saturated heterocycles. The van der Waals surface area contributed by atoms with E-state index in [4.69, 9.17) is 0 Å². The molecule has 0 aliphatic rings. The first-order valence-electron chi connectivity index (χ1n) is 6.80. The maximum absolute atomic E-state index is 12.5. The normalized spacial score (nSPS) is 11.7. The number of hydrogen-bond donors (Lipinski definition) is 2. The zero-order valence-electron chi connectivity index (χ0n) is 12.7. The van der Waals surface area contributed by atoms with Gasteiger partial charge in [0.05, 0.1) is 5.60 Å². The van der Waals surface area contributed by atoms with Gasteiger partial charge in [-0.05, 0) is 32.4 Å². The van der Waals surface area contributed by atoms with E-state index in [9.17, 15) is 14.7 Å². The lowest BCUT2D eigenvalue weighted by Crippen LogP contribution is -2.41. The first kappa shape index (κ1) is 15.3. The number of carbonyl (C=O) groups is 1. The highest BCUT2D eigenvalue weighted by molar-refractivity contribution is 5.99. The molecule has 0 bridgehead atoms. The van der Waals surface area contributed by atoms with Crippen LogP contribution in [0.25, 0.3) is 10.9 Å². The lowest BCUT2D eigenvalue weighted by molar-refractivity contribution is 0.0366. The molecule has 0 saturated carbocycles. The van der Waals surface area contributed by atoms with E-state index in [1.807, 2.05) is 18.2 Å². The fraction of sp³-hybridized carbons (Fsp3) is 0.375. The lowest BCUT2D eigenvalue weighted by Gasteiger charge is -2.26. The summed E-state index contributed by atoms with van der Waals surface area (Å²) in [5, 5.41) is 10.7. The van der Waals surface area contributed by atoms with E-state index in [1.54, 1.807) is 33.9 Å². The Hall–Kier alpha value is -2.14. The fourth-order valence-corrected chi connectivity index (χ4v) is 2.51. The molecule has 112 valence electrons. The number of pyridine rings is 1. The number of aromatic amines is 1. The van der Waals surface area contributed by atoms with Gasteiger partial charge in [0.15, 0.2) is 0 Å². The van der Waals surface area contributed by atoms with Crippen LogP contribution in [-0.4, -0.2) is 40.1 Å². The largest absolute Gasteiger partial charge is 0.389 e. The van der Waals surface area contributed by atoms with Gasteiger partial charge in [-0.15, -0.1) is 0 Å². The predicted molar refractivity (Wildman–Crippen MR) is 82.6 cm³/mol. The first-order chi connectivity index (χ1) is 9.70. The van der Waals surface area contributed by atoms with Gasteiger partial charge >= 0.3 is 0 Å². The second-order valence-corrected chi connectivity index (χ2v) is 5.97. The summed E-state index contributed by atoms with van der Waals surface area (Å²) in [6.07, 6.45) is 0. The molecule has 1 aromatic heterocycles. The Morgan fingerprint density at radius 2 is 1.95 bits per heavy atom. The molecule has 0 atom stereocenters. The van der Waals surface area contributed by atoms with Crippen LogP contribution >= 0.6 is 0 Å². The number of carbonyl (C=O) groups excluding carboxylic acids is 1. The smallest absolute Gasteiger partial charge is 0.261 e. The number of H-pyrrole nitrogens is 1. The number of para-hydroxylation sites is 1. The Kier molecular flexibility index (Phi) is 3.87. The summed E-state index contributed by atoms with van der Waals surface area (Å²) in [6.45, 7) is 5.16. The van der Waals surface area contributed by atoms with Gasteiger partial charge in [-0.25, -0.2) is 0 Å². The minimum atomic E-state index is -1.01. The molecule has 1 aromatic carbocycles. The van der Waals surface area contributed by atoms with Crippen molar-refractivity contribution in [1.29, 1.82) is 0 Å². The number of amides is 1. The van der Waals surface area contributed by atoms with E-state index < -0.39 is 11.2 Å². The number of likely N-dealkylation sites (N-methyl/N-ethyl adjacent to an activating group) is 1. The molecule has 2 rings (SSSR count). The van der Waals surface area contributed by atoms with Gasteiger partial charge < -0.3 is 15.0 Å². The zero-order valence-corrected chi connectivity index (χ0v) is 12.7. The Balaban J connectivity index is 2.51. The molecule has 0 aliphatic carbocycles. The van der Waals surface area contributed by atoms with E-state index in [-0.39, 0.29) is 18.0 Å². The monoisotopic (exact) mass is 288 g/mol. The number of aliphatic hydroxyl groups is 1. The first-order valence-corrected chi connectivity index (χ1v) is 6.80. The second-order valence-electron chi connectivity index (χ2n) is 5.97. The predicted octanol–water partition coefficient (Wildman–Crippen LogP) is 1.68. The van der Waals surface area contributed by atoms with Crippen molar-refractivity contribution in [3.05, 3.63) is 45.7 Å². The molecule has 21 heavy (non-hydrogen) atoms.